The Balaban J connectivity index is 0. The Morgan fingerprint density at radius 2 is 2.00 bits per heavy atom. The summed E-state index contributed by atoms with van der Waals surface area (Å²) >= 11 is 0. The number of rotatable bonds is 4. The van der Waals surface area contributed by atoms with E-state index < -0.39 is 7.82 Å². The molecule has 10 heavy (non-hydrogen) atoms. The second kappa shape index (κ2) is 6.80. The predicted octanol–water partition coefficient (Wildman–Crippen LogP) is 0.515. The predicted molar refractivity (Wildman–Crippen MR) is 38.7 cm³/mol. The monoisotopic (exact) mass is 177 g/mol. The maximum Gasteiger partial charge on any atom is 0.469 e. The Hall–Kier alpha value is 1.11. The Kier molecular flexibility index (Phi) is 9.30. The molecule has 0 heterocycles. The molecular formula is C4H11NaO4P. The fraction of sp³-hybridized carbons (Fsp3) is 1.00. The van der Waals surface area contributed by atoms with Crippen LogP contribution in [0.2, 0.25) is 0 Å². The van der Waals surface area contributed by atoms with E-state index in [1.807, 2.05) is 6.92 Å². The van der Waals surface area contributed by atoms with Gasteiger partial charge in [-0.3, -0.25) is 4.52 Å². The van der Waals surface area contributed by atoms with Gasteiger partial charge in [-0.05, 0) is 6.42 Å². The zero-order valence-corrected chi connectivity index (χ0v) is 9.17. The Morgan fingerprint density at radius 1 is 1.50 bits per heavy atom. The van der Waals surface area contributed by atoms with Gasteiger partial charge in [0, 0.05) is 29.6 Å². The van der Waals surface area contributed by atoms with Crippen LogP contribution in [0, 0.1) is 0 Å². The van der Waals surface area contributed by atoms with Crippen LogP contribution < -0.4 is 0 Å². The number of hydrogen-bond donors (Lipinski definition) is 2. The first kappa shape index (κ1) is 13.7. The first-order valence-electron chi connectivity index (χ1n) is 2.76. The largest absolute Gasteiger partial charge is 0.469 e. The van der Waals surface area contributed by atoms with Crippen LogP contribution in [0.4, 0.5) is 0 Å². The SMILES string of the molecule is CCCCOP(=O)(O)O.[Na]. The molecule has 0 rings (SSSR count). The summed E-state index contributed by atoms with van der Waals surface area (Å²) in [6.07, 6.45) is 1.56. The van der Waals surface area contributed by atoms with E-state index in [9.17, 15) is 4.57 Å². The molecule has 0 aliphatic carbocycles. The van der Waals surface area contributed by atoms with Crippen molar-refractivity contribution in [1.82, 2.24) is 0 Å². The fourth-order valence-electron chi connectivity index (χ4n) is 0.328. The normalized spacial score (nSPS) is 10.7. The summed E-state index contributed by atoms with van der Waals surface area (Å²) in [5, 5.41) is 0. The third-order valence-electron chi connectivity index (χ3n) is 0.757. The van der Waals surface area contributed by atoms with Crippen molar-refractivity contribution in [3.63, 3.8) is 0 Å². The van der Waals surface area contributed by atoms with Crippen molar-refractivity contribution < 1.29 is 18.9 Å². The minimum atomic E-state index is -4.20. The van der Waals surface area contributed by atoms with Gasteiger partial charge in [-0.15, -0.1) is 0 Å². The number of unbranched alkanes of at least 4 members (excludes halogenated alkanes) is 1. The molecule has 1 radical (unpaired) electrons. The van der Waals surface area contributed by atoms with E-state index in [0.29, 0.717) is 6.42 Å². The smallest absolute Gasteiger partial charge is 0.303 e. The van der Waals surface area contributed by atoms with E-state index >= 15 is 0 Å². The van der Waals surface area contributed by atoms with E-state index in [-0.39, 0.29) is 36.2 Å². The van der Waals surface area contributed by atoms with E-state index in [4.69, 9.17) is 9.79 Å². The summed E-state index contributed by atoms with van der Waals surface area (Å²) in [5.74, 6) is 0. The summed E-state index contributed by atoms with van der Waals surface area (Å²) in [5.41, 5.74) is 0. The Bertz CT molecular complexity index is 112. The van der Waals surface area contributed by atoms with Gasteiger partial charge in [-0.25, -0.2) is 4.57 Å². The molecule has 0 aromatic rings. The zero-order chi connectivity index (χ0) is 7.33. The minimum absolute atomic E-state index is 0. The third-order valence-corrected chi connectivity index (χ3v) is 1.28. The van der Waals surface area contributed by atoms with Crippen molar-refractivity contribution in [2.45, 2.75) is 19.8 Å². The molecule has 0 saturated carbocycles. The average Bonchev–Trinajstić information content (AvgIpc) is 1.63. The minimum Gasteiger partial charge on any atom is -0.303 e. The number of phosphoric ester groups is 1. The van der Waals surface area contributed by atoms with Gasteiger partial charge in [-0.2, -0.15) is 0 Å². The van der Waals surface area contributed by atoms with E-state index in [2.05, 4.69) is 4.52 Å². The molecule has 0 unspecified atom stereocenters. The molecular weight excluding hydrogens is 166 g/mol. The van der Waals surface area contributed by atoms with E-state index in [0.717, 1.165) is 6.42 Å². The molecule has 57 valence electrons. The maximum atomic E-state index is 9.98. The summed E-state index contributed by atoms with van der Waals surface area (Å²) in [7, 11) is -4.20. The maximum absolute atomic E-state index is 9.98. The molecule has 0 atom stereocenters. The molecule has 6 heteroatoms. The van der Waals surface area contributed by atoms with Crippen LogP contribution in [0.1, 0.15) is 19.8 Å². The van der Waals surface area contributed by atoms with Crippen LogP contribution in [0.15, 0.2) is 0 Å². The number of phosphoric acid groups is 1. The first-order valence-corrected chi connectivity index (χ1v) is 4.29. The van der Waals surface area contributed by atoms with Gasteiger partial charge in [-0.1, -0.05) is 13.3 Å². The van der Waals surface area contributed by atoms with Gasteiger partial charge in [0.05, 0.1) is 6.61 Å². The molecule has 0 aliphatic rings. The van der Waals surface area contributed by atoms with Crippen molar-refractivity contribution in [2.75, 3.05) is 6.61 Å². The van der Waals surface area contributed by atoms with Crippen molar-refractivity contribution in [2.24, 2.45) is 0 Å². The quantitative estimate of drug-likeness (QED) is 0.373. The molecule has 0 bridgehead atoms. The fourth-order valence-corrected chi connectivity index (χ4v) is 0.695. The summed E-state index contributed by atoms with van der Waals surface area (Å²) in [6.45, 7) is 2.06. The van der Waals surface area contributed by atoms with Crippen LogP contribution in [-0.4, -0.2) is 46.0 Å². The van der Waals surface area contributed by atoms with Crippen molar-refractivity contribution >= 4 is 37.4 Å². The molecule has 0 aromatic carbocycles. The first-order chi connectivity index (χ1) is 4.06. The Morgan fingerprint density at radius 3 is 2.30 bits per heavy atom. The van der Waals surface area contributed by atoms with Crippen LogP contribution in [0.5, 0.6) is 0 Å². The topological polar surface area (TPSA) is 66.8 Å². The van der Waals surface area contributed by atoms with Gasteiger partial charge in [0.15, 0.2) is 0 Å². The van der Waals surface area contributed by atoms with Crippen LogP contribution in [0.25, 0.3) is 0 Å². The van der Waals surface area contributed by atoms with E-state index in [1.54, 1.807) is 0 Å². The van der Waals surface area contributed by atoms with Gasteiger partial charge < -0.3 is 9.79 Å². The Labute approximate surface area is 82.5 Å². The second-order valence-electron chi connectivity index (χ2n) is 1.68. The van der Waals surface area contributed by atoms with Gasteiger partial charge in [0.25, 0.3) is 0 Å². The standard InChI is InChI=1S/C4H11O4P.Na/c1-2-3-4-8-9(5,6)7;/h2-4H2,1H3,(H2,5,6,7);. The van der Waals surface area contributed by atoms with Gasteiger partial charge in [0.2, 0.25) is 0 Å². The molecule has 0 saturated heterocycles. The molecule has 2 N–H and O–H groups in total. The van der Waals surface area contributed by atoms with Crippen molar-refractivity contribution in [3.8, 4) is 0 Å². The molecule has 0 amide bonds. The molecule has 0 aliphatic heterocycles. The molecule has 0 fully saturated rings. The van der Waals surface area contributed by atoms with Gasteiger partial charge >= 0.3 is 7.82 Å². The second-order valence-corrected chi connectivity index (χ2v) is 2.92. The molecule has 0 spiro atoms. The van der Waals surface area contributed by atoms with E-state index in [1.165, 1.54) is 0 Å². The van der Waals surface area contributed by atoms with Gasteiger partial charge in [0.1, 0.15) is 0 Å². The summed E-state index contributed by atoms with van der Waals surface area (Å²) in [4.78, 5) is 16.3. The van der Waals surface area contributed by atoms with Crippen molar-refractivity contribution in [3.05, 3.63) is 0 Å². The van der Waals surface area contributed by atoms with Crippen LogP contribution in [-0.2, 0) is 9.09 Å². The number of hydrogen-bond acceptors (Lipinski definition) is 2. The van der Waals surface area contributed by atoms with Crippen molar-refractivity contribution in [1.29, 1.82) is 0 Å². The third kappa shape index (κ3) is 11.9. The average molecular weight is 177 g/mol. The molecule has 4 nitrogen and oxygen atoms in total. The summed E-state index contributed by atoms with van der Waals surface area (Å²) < 4.78 is 14.1. The molecule has 0 aromatic heterocycles. The van der Waals surface area contributed by atoms with Crippen LogP contribution >= 0.6 is 7.82 Å². The zero-order valence-electron chi connectivity index (χ0n) is 6.28. The summed E-state index contributed by atoms with van der Waals surface area (Å²) in [6, 6.07) is 0. The van der Waals surface area contributed by atoms with Crippen LogP contribution in [0.3, 0.4) is 0 Å².